The van der Waals surface area contributed by atoms with Gasteiger partial charge in [0.05, 0.1) is 10.4 Å². The normalized spacial score (nSPS) is 11.7. The molecule has 3 heterocycles. The van der Waals surface area contributed by atoms with E-state index in [1.54, 1.807) is 11.3 Å². The molecule has 2 aromatic carbocycles. The number of fused-ring (bicyclic) bond motifs is 3. The summed E-state index contributed by atoms with van der Waals surface area (Å²) in [7, 11) is 0. The number of oxazole rings is 1. The van der Waals surface area contributed by atoms with Gasteiger partial charge in [-0.25, -0.2) is 9.97 Å². The average molecular weight is 373 g/mol. The molecule has 0 amide bonds. The monoisotopic (exact) mass is 373 g/mol. The Morgan fingerprint density at radius 3 is 2.52 bits per heavy atom. The second-order valence-corrected chi connectivity index (χ2v) is 7.96. The number of thiophene rings is 1. The van der Waals surface area contributed by atoms with Crippen LogP contribution in [0.4, 0.5) is 0 Å². The molecule has 0 aliphatic rings. The summed E-state index contributed by atoms with van der Waals surface area (Å²) in [6, 6.07) is 10.7. The molecule has 0 fully saturated rings. The number of hydrogen-bond acceptors (Lipinski definition) is 4. The number of rotatable bonds is 2. The Morgan fingerprint density at radius 2 is 1.74 bits per heavy atom. The van der Waals surface area contributed by atoms with Gasteiger partial charge in [-0.2, -0.15) is 0 Å². The first-order valence-corrected chi connectivity index (χ1v) is 9.76. The third-order valence-corrected chi connectivity index (χ3v) is 6.16. The van der Waals surface area contributed by atoms with Crippen molar-refractivity contribution in [3.63, 3.8) is 0 Å². The van der Waals surface area contributed by atoms with Crippen LogP contribution in [0.3, 0.4) is 0 Å². The van der Waals surface area contributed by atoms with Crippen LogP contribution in [0.2, 0.25) is 0 Å². The Morgan fingerprint density at radius 1 is 0.963 bits per heavy atom. The van der Waals surface area contributed by atoms with Crippen LogP contribution < -0.4 is 0 Å². The van der Waals surface area contributed by atoms with Crippen LogP contribution >= 0.6 is 11.3 Å². The van der Waals surface area contributed by atoms with Crippen LogP contribution in [0.5, 0.6) is 0 Å². The SMILES string of the molecule is Cc1nc2sc3c(-c4nccn4-c4c(C)cccc4C)c(C)ccc3c2o1. The van der Waals surface area contributed by atoms with Gasteiger partial charge < -0.3 is 4.42 Å². The molecule has 5 aromatic rings. The standard InChI is InChI=1S/C22H19N3OS/c1-12-8-9-16-19-22(24-15(4)26-19)27-20(16)17(12)21-23-10-11-25(21)18-13(2)6-5-7-14(18)3/h5-11H,1-4H3. The third-order valence-electron chi connectivity index (χ3n) is 5.06. The molecule has 134 valence electrons. The lowest BCUT2D eigenvalue weighted by Crippen LogP contribution is -2.02. The van der Waals surface area contributed by atoms with Gasteiger partial charge in [0.2, 0.25) is 0 Å². The minimum absolute atomic E-state index is 0.706. The van der Waals surface area contributed by atoms with E-state index in [1.807, 2.05) is 19.3 Å². The van der Waals surface area contributed by atoms with Gasteiger partial charge in [0, 0.05) is 30.3 Å². The summed E-state index contributed by atoms with van der Waals surface area (Å²) in [6.07, 6.45) is 3.92. The smallest absolute Gasteiger partial charge is 0.193 e. The van der Waals surface area contributed by atoms with E-state index in [2.05, 4.69) is 60.7 Å². The average Bonchev–Trinajstić information content (AvgIpc) is 3.29. The molecule has 0 aliphatic heterocycles. The van der Waals surface area contributed by atoms with Gasteiger partial charge in [-0.05, 0) is 43.5 Å². The number of nitrogens with zero attached hydrogens (tertiary/aromatic N) is 3. The highest BCUT2D eigenvalue weighted by atomic mass is 32.1. The van der Waals surface area contributed by atoms with Gasteiger partial charge >= 0.3 is 0 Å². The summed E-state index contributed by atoms with van der Waals surface area (Å²) >= 11 is 1.68. The van der Waals surface area contributed by atoms with Crippen molar-refractivity contribution in [3.05, 3.63) is 65.3 Å². The fourth-order valence-electron chi connectivity index (χ4n) is 3.84. The fraction of sp³-hybridized carbons (Fsp3) is 0.182. The summed E-state index contributed by atoms with van der Waals surface area (Å²) in [4.78, 5) is 10.2. The largest absolute Gasteiger partial charge is 0.439 e. The Kier molecular flexibility index (Phi) is 3.49. The molecule has 0 radical (unpaired) electrons. The van der Waals surface area contributed by atoms with E-state index in [-0.39, 0.29) is 0 Å². The molecule has 0 bridgehead atoms. The molecule has 0 atom stereocenters. The molecule has 0 aliphatic carbocycles. The molecule has 0 saturated heterocycles. The van der Waals surface area contributed by atoms with Gasteiger partial charge in [0.1, 0.15) is 5.82 Å². The number of imidazole rings is 1. The molecule has 4 nitrogen and oxygen atoms in total. The molecule has 5 rings (SSSR count). The minimum Gasteiger partial charge on any atom is -0.439 e. The maximum absolute atomic E-state index is 5.86. The number of hydrogen-bond donors (Lipinski definition) is 0. The van der Waals surface area contributed by atoms with Crippen LogP contribution in [-0.4, -0.2) is 14.5 Å². The quantitative estimate of drug-likeness (QED) is 0.374. The maximum Gasteiger partial charge on any atom is 0.193 e. The molecule has 0 spiro atoms. The highest BCUT2D eigenvalue weighted by molar-refractivity contribution is 7.25. The summed E-state index contributed by atoms with van der Waals surface area (Å²) < 4.78 is 9.24. The second kappa shape index (κ2) is 5.79. The van der Waals surface area contributed by atoms with Crippen molar-refractivity contribution in [2.45, 2.75) is 27.7 Å². The first-order valence-electron chi connectivity index (χ1n) is 8.94. The van der Waals surface area contributed by atoms with E-state index in [9.17, 15) is 0 Å². The van der Waals surface area contributed by atoms with E-state index >= 15 is 0 Å². The Bertz CT molecular complexity index is 1300. The van der Waals surface area contributed by atoms with Crippen molar-refractivity contribution >= 4 is 31.8 Å². The highest BCUT2D eigenvalue weighted by Crippen LogP contribution is 2.41. The van der Waals surface area contributed by atoms with Crippen molar-refractivity contribution in [2.75, 3.05) is 0 Å². The fourth-order valence-corrected chi connectivity index (χ4v) is 5.08. The Labute approximate surface area is 161 Å². The molecule has 0 unspecified atom stereocenters. The van der Waals surface area contributed by atoms with E-state index < -0.39 is 0 Å². The van der Waals surface area contributed by atoms with Crippen LogP contribution in [0.25, 0.3) is 37.6 Å². The van der Waals surface area contributed by atoms with E-state index in [4.69, 9.17) is 9.40 Å². The van der Waals surface area contributed by atoms with Crippen molar-refractivity contribution in [1.82, 2.24) is 14.5 Å². The van der Waals surface area contributed by atoms with E-state index in [0.717, 1.165) is 27.2 Å². The number of para-hydroxylation sites is 1. The third kappa shape index (κ3) is 2.35. The maximum atomic E-state index is 5.86. The lowest BCUT2D eigenvalue weighted by molar-refractivity contribution is 0.563. The summed E-state index contributed by atoms with van der Waals surface area (Å²) in [5.41, 5.74) is 6.87. The van der Waals surface area contributed by atoms with Crippen molar-refractivity contribution in [1.29, 1.82) is 0 Å². The predicted molar refractivity (Wildman–Crippen MR) is 111 cm³/mol. The van der Waals surface area contributed by atoms with Crippen LogP contribution in [0, 0.1) is 27.7 Å². The van der Waals surface area contributed by atoms with Crippen molar-refractivity contribution in [2.24, 2.45) is 0 Å². The van der Waals surface area contributed by atoms with Gasteiger partial charge in [-0.3, -0.25) is 4.57 Å². The number of benzene rings is 2. The van der Waals surface area contributed by atoms with Crippen LogP contribution in [0.15, 0.2) is 47.1 Å². The molecule has 0 saturated carbocycles. The van der Waals surface area contributed by atoms with Gasteiger partial charge in [-0.1, -0.05) is 24.3 Å². The molecular formula is C22H19N3OS. The zero-order valence-corrected chi connectivity index (χ0v) is 16.5. The summed E-state index contributed by atoms with van der Waals surface area (Å²) in [5.74, 6) is 1.66. The molecule has 3 aromatic heterocycles. The van der Waals surface area contributed by atoms with E-state index in [0.29, 0.717) is 5.89 Å². The lowest BCUT2D eigenvalue weighted by atomic mass is 10.0. The van der Waals surface area contributed by atoms with E-state index in [1.165, 1.54) is 27.1 Å². The summed E-state index contributed by atoms with van der Waals surface area (Å²) in [5, 5.41) is 1.10. The second-order valence-electron chi connectivity index (χ2n) is 6.96. The number of aromatic nitrogens is 3. The van der Waals surface area contributed by atoms with Gasteiger partial charge in [0.25, 0.3) is 0 Å². The molecule has 5 heteroatoms. The van der Waals surface area contributed by atoms with Crippen LogP contribution in [-0.2, 0) is 0 Å². The minimum atomic E-state index is 0.706. The van der Waals surface area contributed by atoms with Gasteiger partial charge in [0.15, 0.2) is 16.3 Å². The molecule has 0 N–H and O–H groups in total. The Hall–Kier alpha value is -2.92. The lowest BCUT2D eigenvalue weighted by Gasteiger charge is -2.15. The van der Waals surface area contributed by atoms with Crippen molar-refractivity contribution in [3.8, 4) is 17.1 Å². The van der Waals surface area contributed by atoms with Crippen molar-refractivity contribution < 1.29 is 4.42 Å². The van der Waals surface area contributed by atoms with Crippen LogP contribution in [0.1, 0.15) is 22.6 Å². The zero-order chi connectivity index (χ0) is 18.7. The molecular weight excluding hydrogens is 354 g/mol. The predicted octanol–water partition coefficient (Wildman–Crippen LogP) is 6.13. The van der Waals surface area contributed by atoms with Gasteiger partial charge in [-0.15, -0.1) is 11.3 Å². The Balaban J connectivity index is 1.84. The summed E-state index contributed by atoms with van der Waals surface area (Å²) in [6.45, 7) is 8.31. The first-order chi connectivity index (χ1) is 13.0. The molecule has 27 heavy (non-hydrogen) atoms. The topological polar surface area (TPSA) is 43.9 Å². The highest BCUT2D eigenvalue weighted by Gasteiger charge is 2.20. The zero-order valence-electron chi connectivity index (χ0n) is 15.7. The number of aryl methyl sites for hydroxylation is 4. The first kappa shape index (κ1) is 16.3.